The predicted molar refractivity (Wildman–Crippen MR) is 265 cm³/mol. The van der Waals surface area contributed by atoms with Crippen LogP contribution < -0.4 is 0 Å². The van der Waals surface area contributed by atoms with E-state index < -0.39 is 6.10 Å². The topological polar surface area (TPSA) is 78.9 Å². The van der Waals surface area contributed by atoms with Crippen LogP contribution in [0, 0.1) is 0 Å². The van der Waals surface area contributed by atoms with Crippen molar-refractivity contribution >= 4 is 17.9 Å². The highest BCUT2D eigenvalue weighted by molar-refractivity contribution is 5.71. The first-order valence-corrected chi connectivity index (χ1v) is 25.9. The second-order valence-electron chi connectivity index (χ2n) is 17.0. The molecule has 0 aromatic heterocycles. The fourth-order valence-electron chi connectivity index (χ4n) is 7.00. The van der Waals surface area contributed by atoms with Crippen molar-refractivity contribution in [3.8, 4) is 0 Å². The highest BCUT2D eigenvalue weighted by Crippen LogP contribution is 2.14. The lowest BCUT2D eigenvalue weighted by Gasteiger charge is -2.18. The molecule has 0 aliphatic rings. The molecule has 0 bridgehead atoms. The van der Waals surface area contributed by atoms with E-state index in [9.17, 15) is 14.4 Å². The van der Waals surface area contributed by atoms with Crippen LogP contribution in [0.2, 0.25) is 0 Å². The average molecular weight is 865 g/mol. The van der Waals surface area contributed by atoms with E-state index in [1.165, 1.54) is 96.3 Å². The number of rotatable bonds is 46. The molecule has 0 amide bonds. The van der Waals surface area contributed by atoms with E-state index in [1.54, 1.807) is 0 Å². The normalized spacial score (nSPS) is 12.6. The largest absolute Gasteiger partial charge is 0.462 e. The first-order chi connectivity index (χ1) is 30.5. The Morgan fingerprint density at radius 3 is 1.06 bits per heavy atom. The number of allylic oxidation sites excluding steroid dienone is 12. The van der Waals surface area contributed by atoms with E-state index in [-0.39, 0.29) is 31.1 Å². The van der Waals surface area contributed by atoms with Gasteiger partial charge < -0.3 is 14.2 Å². The fraction of sp³-hybridized carbons (Fsp3) is 0.732. The molecule has 0 aliphatic heterocycles. The van der Waals surface area contributed by atoms with Crippen LogP contribution in [0.1, 0.15) is 245 Å². The minimum absolute atomic E-state index is 0.0836. The molecule has 0 N–H and O–H groups in total. The third-order valence-corrected chi connectivity index (χ3v) is 10.9. The molecule has 0 fully saturated rings. The van der Waals surface area contributed by atoms with E-state index in [1.807, 2.05) is 0 Å². The molecule has 0 rings (SSSR count). The van der Waals surface area contributed by atoms with Crippen LogP contribution in [-0.2, 0) is 28.6 Å². The summed E-state index contributed by atoms with van der Waals surface area (Å²) in [6.45, 7) is 6.40. The van der Waals surface area contributed by atoms with Gasteiger partial charge in [0.05, 0.1) is 0 Å². The van der Waals surface area contributed by atoms with Gasteiger partial charge in [-0.3, -0.25) is 14.4 Å². The maximum absolute atomic E-state index is 12.7. The molecule has 0 radical (unpaired) electrons. The molecule has 6 heteroatoms. The van der Waals surface area contributed by atoms with E-state index in [2.05, 4.69) is 93.7 Å². The number of hydrogen-bond donors (Lipinski definition) is 0. The first-order valence-electron chi connectivity index (χ1n) is 25.9. The number of carbonyl (C=O) groups excluding carboxylic acids is 3. The van der Waals surface area contributed by atoms with Gasteiger partial charge in [-0.05, 0) is 96.3 Å². The molecule has 0 aromatic carbocycles. The Labute approximate surface area is 382 Å². The van der Waals surface area contributed by atoms with Gasteiger partial charge in [0.2, 0.25) is 0 Å². The Kier molecular flexibility index (Phi) is 47.9. The molecule has 0 saturated carbocycles. The van der Waals surface area contributed by atoms with Crippen LogP contribution in [0.3, 0.4) is 0 Å². The van der Waals surface area contributed by atoms with Crippen molar-refractivity contribution in [2.45, 2.75) is 252 Å². The smallest absolute Gasteiger partial charge is 0.306 e. The van der Waals surface area contributed by atoms with Crippen molar-refractivity contribution in [1.82, 2.24) is 0 Å². The van der Waals surface area contributed by atoms with Crippen LogP contribution >= 0.6 is 0 Å². The Bertz CT molecular complexity index is 1180. The summed E-state index contributed by atoms with van der Waals surface area (Å²) in [6.07, 6.45) is 63.2. The molecule has 356 valence electrons. The summed E-state index contributed by atoms with van der Waals surface area (Å²) in [6, 6.07) is 0. The van der Waals surface area contributed by atoms with E-state index in [0.29, 0.717) is 19.3 Å². The van der Waals surface area contributed by atoms with Gasteiger partial charge in [-0.2, -0.15) is 0 Å². The molecule has 6 nitrogen and oxygen atoms in total. The molecule has 1 unspecified atom stereocenters. The van der Waals surface area contributed by atoms with Gasteiger partial charge in [-0.25, -0.2) is 0 Å². The molecular weight excluding hydrogens is 769 g/mol. The Morgan fingerprint density at radius 2 is 0.661 bits per heavy atom. The van der Waals surface area contributed by atoms with Crippen LogP contribution in [0.25, 0.3) is 0 Å². The zero-order valence-corrected chi connectivity index (χ0v) is 40.6. The number of carbonyl (C=O) groups is 3. The lowest BCUT2D eigenvalue weighted by molar-refractivity contribution is -0.167. The summed E-state index contributed by atoms with van der Waals surface area (Å²) in [7, 11) is 0. The maximum Gasteiger partial charge on any atom is 0.306 e. The van der Waals surface area contributed by atoms with Gasteiger partial charge in [-0.15, -0.1) is 0 Å². The SMILES string of the molecule is CC/C=C\C/C=C\C/C=C\C/C=C\CCCCCCCCCCCCC(=O)OCC(COC(=O)CCCCCCC/C=C\CCC)OC(=O)CCCCCCC/C=C\CCCC. The van der Waals surface area contributed by atoms with Gasteiger partial charge in [0.1, 0.15) is 13.2 Å². The highest BCUT2D eigenvalue weighted by Gasteiger charge is 2.19. The Balaban J connectivity index is 4.25. The van der Waals surface area contributed by atoms with E-state index in [0.717, 1.165) is 109 Å². The van der Waals surface area contributed by atoms with Crippen molar-refractivity contribution in [2.75, 3.05) is 13.2 Å². The lowest BCUT2D eigenvalue weighted by Crippen LogP contribution is -2.30. The summed E-state index contributed by atoms with van der Waals surface area (Å²) < 4.78 is 16.7. The number of ether oxygens (including phenoxy) is 3. The van der Waals surface area contributed by atoms with Crippen molar-refractivity contribution in [3.63, 3.8) is 0 Å². The quantitative estimate of drug-likeness (QED) is 0.0262. The maximum atomic E-state index is 12.7. The van der Waals surface area contributed by atoms with Crippen LogP contribution in [0.5, 0.6) is 0 Å². The van der Waals surface area contributed by atoms with Crippen molar-refractivity contribution in [1.29, 1.82) is 0 Å². The van der Waals surface area contributed by atoms with Gasteiger partial charge >= 0.3 is 17.9 Å². The van der Waals surface area contributed by atoms with E-state index in [4.69, 9.17) is 14.2 Å². The molecule has 0 aliphatic carbocycles. The molecule has 62 heavy (non-hydrogen) atoms. The molecule has 0 saturated heterocycles. The Hall–Kier alpha value is -3.15. The average Bonchev–Trinajstić information content (AvgIpc) is 3.27. The standard InChI is InChI=1S/C56H96O6/c1-4-7-10-13-16-19-22-23-24-25-26-27-28-29-30-31-32-33-35-37-40-43-46-49-55(58)61-52-53(51-60-54(57)48-45-42-39-36-21-18-15-12-9-6-3)62-56(59)50-47-44-41-38-34-20-17-14-11-8-5-2/h7,10,12,14-17,19,23-24,26-27,53H,4-6,8-9,11,13,18,20-22,25,28-52H2,1-3H3/b10-7-,15-12-,17-14-,19-16-,24-23-,27-26-. The third-order valence-electron chi connectivity index (χ3n) is 10.9. The number of unbranched alkanes of at least 4 members (excludes halogenated alkanes) is 23. The summed E-state index contributed by atoms with van der Waals surface area (Å²) >= 11 is 0. The first kappa shape index (κ1) is 58.9. The fourth-order valence-corrected chi connectivity index (χ4v) is 7.00. The van der Waals surface area contributed by atoms with Crippen molar-refractivity contribution < 1.29 is 28.6 Å². The van der Waals surface area contributed by atoms with Crippen LogP contribution in [0.15, 0.2) is 72.9 Å². The summed E-state index contributed by atoms with van der Waals surface area (Å²) in [5.74, 6) is -0.908. The monoisotopic (exact) mass is 865 g/mol. The van der Waals surface area contributed by atoms with Crippen molar-refractivity contribution in [3.05, 3.63) is 72.9 Å². The minimum Gasteiger partial charge on any atom is -0.462 e. The van der Waals surface area contributed by atoms with Crippen molar-refractivity contribution in [2.24, 2.45) is 0 Å². The van der Waals surface area contributed by atoms with Gasteiger partial charge in [0, 0.05) is 19.3 Å². The number of esters is 3. The highest BCUT2D eigenvalue weighted by atomic mass is 16.6. The number of hydrogen-bond acceptors (Lipinski definition) is 6. The lowest BCUT2D eigenvalue weighted by atomic mass is 10.1. The molecular formula is C56H96O6. The predicted octanol–water partition coefficient (Wildman–Crippen LogP) is 17.0. The summed E-state index contributed by atoms with van der Waals surface area (Å²) in [5, 5.41) is 0. The van der Waals surface area contributed by atoms with Gasteiger partial charge in [0.25, 0.3) is 0 Å². The molecule has 0 spiro atoms. The van der Waals surface area contributed by atoms with E-state index >= 15 is 0 Å². The Morgan fingerprint density at radius 1 is 0.339 bits per heavy atom. The van der Waals surface area contributed by atoms with Gasteiger partial charge in [0.15, 0.2) is 6.10 Å². The zero-order chi connectivity index (χ0) is 45.1. The molecule has 1 atom stereocenters. The second-order valence-corrected chi connectivity index (χ2v) is 17.0. The minimum atomic E-state index is -0.782. The summed E-state index contributed by atoms with van der Waals surface area (Å²) in [4.78, 5) is 37.9. The van der Waals surface area contributed by atoms with Gasteiger partial charge in [-0.1, -0.05) is 203 Å². The second kappa shape index (κ2) is 50.5. The summed E-state index contributed by atoms with van der Waals surface area (Å²) in [5.41, 5.74) is 0. The zero-order valence-electron chi connectivity index (χ0n) is 40.6. The van der Waals surface area contributed by atoms with Crippen LogP contribution in [0.4, 0.5) is 0 Å². The third kappa shape index (κ3) is 47.9. The molecule has 0 heterocycles. The molecule has 0 aromatic rings. The van der Waals surface area contributed by atoms with Crippen LogP contribution in [-0.4, -0.2) is 37.2 Å².